The molecule has 0 amide bonds. The Hall–Kier alpha value is -0.650. The van der Waals surface area contributed by atoms with Crippen LogP contribution >= 0.6 is 11.8 Å². The number of nitrogens with zero attached hydrogens (tertiary/aromatic N) is 2. The Balaban J connectivity index is 2.17. The molecule has 2 rings (SSSR count). The number of aryl methyl sites for hydroxylation is 1. The van der Waals surface area contributed by atoms with E-state index in [4.69, 9.17) is 4.74 Å². The van der Waals surface area contributed by atoms with Gasteiger partial charge in [0.2, 0.25) is 0 Å². The molecule has 1 saturated heterocycles. The van der Waals surface area contributed by atoms with Crippen molar-refractivity contribution in [2.45, 2.75) is 26.0 Å². The first-order chi connectivity index (χ1) is 8.22. The molecule has 17 heavy (non-hydrogen) atoms. The quantitative estimate of drug-likeness (QED) is 0.891. The molecule has 1 N–H and O–H groups in total. The van der Waals surface area contributed by atoms with Crippen molar-refractivity contribution in [2.75, 3.05) is 25.2 Å². The molecule has 0 aliphatic carbocycles. The SMILES string of the molecule is CNC(C)c1cnc(C2CSCCO2)nc1C. The van der Waals surface area contributed by atoms with Gasteiger partial charge in [0.25, 0.3) is 0 Å². The van der Waals surface area contributed by atoms with E-state index in [9.17, 15) is 0 Å². The maximum Gasteiger partial charge on any atom is 0.158 e. The van der Waals surface area contributed by atoms with Crippen LogP contribution in [0.3, 0.4) is 0 Å². The number of hydrogen-bond acceptors (Lipinski definition) is 5. The Bertz CT molecular complexity index is 380. The lowest BCUT2D eigenvalue weighted by Gasteiger charge is -2.22. The lowest BCUT2D eigenvalue weighted by atomic mass is 10.1. The second-order valence-electron chi connectivity index (χ2n) is 4.21. The maximum atomic E-state index is 5.68. The molecule has 1 aromatic heterocycles. The molecule has 5 heteroatoms. The lowest BCUT2D eigenvalue weighted by molar-refractivity contribution is 0.0692. The van der Waals surface area contributed by atoms with E-state index in [1.54, 1.807) is 0 Å². The van der Waals surface area contributed by atoms with Crippen molar-refractivity contribution in [1.29, 1.82) is 0 Å². The van der Waals surface area contributed by atoms with Crippen LogP contribution in [0.2, 0.25) is 0 Å². The van der Waals surface area contributed by atoms with Crippen LogP contribution < -0.4 is 5.32 Å². The summed E-state index contributed by atoms with van der Waals surface area (Å²) in [4.78, 5) is 9.02. The standard InChI is InChI=1S/C12H19N3OS/c1-8(13-3)10-6-14-12(15-9(10)2)11-7-17-5-4-16-11/h6,8,11,13H,4-5,7H2,1-3H3. The summed E-state index contributed by atoms with van der Waals surface area (Å²) in [5.74, 6) is 2.85. The van der Waals surface area contributed by atoms with Gasteiger partial charge in [-0.1, -0.05) is 0 Å². The minimum Gasteiger partial charge on any atom is -0.368 e. The van der Waals surface area contributed by atoms with Crippen molar-refractivity contribution in [1.82, 2.24) is 15.3 Å². The highest BCUT2D eigenvalue weighted by Gasteiger charge is 2.20. The van der Waals surface area contributed by atoms with Crippen molar-refractivity contribution in [2.24, 2.45) is 0 Å². The van der Waals surface area contributed by atoms with Gasteiger partial charge < -0.3 is 10.1 Å². The first-order valence-electron chi connectivity index (χ1n) is 5.92. The fraction of sp³-hybridized carbons (Fsp3) is 0.667. The Kier molecular flexibility index (Phi) is 4.36. The van der Waals surface area contributed by atoms with E-state index < -0.39 is 0 Å². The minimum atomic E-state index is 0.0615. The predicted octanol–water partition coefficient (Wildman–Crippen LogP) is 1.87. The molecule has 1 aliphatic rings. The van der Waals surface area contributed by atoms with Gasteiger partial charge in [0, 0.05) is 35.0 Å². The fourth-order valence-corrected chi connectivity index (χ4v) is 2.71. The summed E-state index contributed by atoms with van der Waals surface area (Å²) < 4.78 is 5.68. The molecule has 2 unspecified atom stereocenters. The molecule has 2 heterocycles. The van der Waals surface area contributed by atoms with Gasteiger partial charge in [0.15, 0.2) is 5.82 Å². The van der Waals surface area contributed by atoms with E-state index in [1.807, 2.05) is 31.9 Å². The van der Waals surface area contributed by atoms with Crippen LogP contribution in [-0.2, 0) is 4.74 Å². The third-order valence-corrected chi connectivity index (χ3v) is 4.03. The second kappa shape index (κ2) is 5.80. The van der Waals surface area contributed by atoms with Gasteiger partial charge in [-0.2, -0.15) is 11.8 Å². The van der Waals surface area contributed by atoms with Crippen molar-refractivity contribution in [3.8, 4) is 0 Å². The van der Waals surface area contributed by atoms with Crippen LogP contribution in [-0.4, -0.2) is 35.1 Å². The molecule has 1 fully saturated rings. The summed E-state index contributed by atoms with van der Waals surface area (Å²) in [5.41, 5.74) is 2.19. The van der Waals surface area contributed by atoms with Gasteiger partial charge in [-0.25, -0.2) is 9.97 Å². The van der Waals surface area contributed by atoms with Crippen molar-refractivity contribution < 1.29 is 4.74 Å². The normalized spacial score (nSPS) is 22.4. The molecule has 0 bridgehead atoms. The Morgan fingerprint density at radius 3 is 3.00 bits per heavy atom. The first kappa shape index (κ1) is 12.8. The van der Waals surface area contributed by atoms with Crippen molar-refractivity contribution in [3.63, 3.8) is 0 Å². The summed E-state index contributed by atoms with van der Waals surface area (Å²) in [6.07, 6.45) is 1.98. The zero-order valence-electron chi connectivity index (χ0n) is 10.6. The average molecular weight is 253 g/mol. The Labute approximate surface area is 107 Å². The van der Waals surface area contributed by atoms with E-state index in [1.165, 1.54) is 0 Å². The molecule has 0 aromatic carbocycles. The van der Waals surface area contributed by atoms with Crippen LogP contribution in [0.25, 0.3) is 0 Å². The summed E-state index contributed by atoms with van der Waals surface area (Å²) in [7, 11) is 1.94. The lowest BCUT2D eigenvalue weighted by Crippen LogP contribution is -2.20. The maximum absolute atomic E-state index is 5.68. The van der Waals surface area contributed by atoms with Crippen LogP contribution in [0.1, 0.15) is 36.2 Å². The largest absolute Gasteiger partial charge is 0.368 e. The van der Waals surface area contributed by atoms with Gasteiger partial charge in [0.05, 0.1) is 6.61 Å². The van der Waals surface area contributed by atoms with Gasteiger partial charge in [0.1, 0.15) is 6.10 Å². The molecule has 1 aliphatic heterocycles. The zero-order chi connectivity index (χ0) is 12.3. The molecule has 0 spiro atoms. The topological polar surface area (TPSA) is 47.0 Å². The van der Waals surface area contributed by atoms with E-state index in [-0.39, 0.29) is 12.1 Å². The highest BCUT2D eigenvalue weighted by Crippen LogP contribution is 2.25. The number of rotatable bonds is 3. The summed E-state index contributed by atoms with van der Waals surface area (Å²) >= 11 is 1.90. The highest BCUT2D eigenvalue weighted by atomic mass is 32.2. The average Bonchev–Trinajstić information content (AvgIpc) is 2.39. The molecule has 0 saturated carbocycles. The smallest absolute Gasteiger partial charge is 0.158 e. The molecular formula is C12H19N3OS. The van der Waals surface area contributed by atoms with Gasteiger partial charge >= 0.3 is 0 Å². The van der Waals surface area contributed by atoms with E-state index >= 15 is 0 Å². The summed E-state index contributed by atoms with van der Waals surface area (Å²) in [6, 6.07) is 0.283. The Morgan fingerprint density at radius 2 is 2.41 bits per heavy atom. The second-order valence-corrected chi connectivity index (χ2v) is 5.36. The van der Waals surface area contributed by atoms with Gasteiger partial charge in [-0.3, -0.25) is 0 Å². The van der Waals surface area contributed by atoms with Crippen LogP contribution in [0, 0.1) is 6.92 Å². The van der Waals surface area contributed by atoms with Crippen LogP contribution in [0.15, 0.2) is 6.20 Å². The number of hydrogen-bond donors (Lipinski definition) is 1. The van der Waals surface area contributed by atoms with Crippen molar-refractivity contribution >= 4 is 11.8 Å². The first-order valence-corrected chi connectivity index (χ1v) is 7.08. The number of aromatic nitrogens is 2. The number of thioether (sulfide) groups is 1. The predicted molar refractivity (Wildman–Crippen MR) is 70.3 cm³/mol. The monoisotopic (exact) mass is 253 g/mol. The van der Waals surface area contributed by atoms with Crippen molar-refractivity contribution in [3.05, 3.63) is 23.3 Å². The molecule has 0 radical (unpaired) electrons. The fourth-order valence-electron chi connectivity index (χ4n) is 1.87. The zero-order valence-corrected chi connectivity index (χ0v) is 11.4. The van der Waals surface area contributed by atoms with E-state index in [0.29, 0.717) is 0 Å². The molecule has 4 nitrogen and oxygen atoms in total. The van der Waals surface area contributed by atoms with Gasteiger partial charge in [-0.05, 0) is 20.9 Å². The third-order valence-electron chi connectivity index (χ3n) is 3.04. The molecular weight excluding hydrogens is 234 g/mol. The summed E-state index contributed by atoms with van der Waals surface area (Å²) in [5, 5.41) is 3.21. The summed E-state index contributed by atoms with van der Waals surface area (Å²) in [6.45, 7) is 4.94. The molecule has 2 atom stereocenters. The van der Waals surface area contributed by atoms with Crippen LogP contribution in [0.5, 0.6) is 0 Å². The van der Waals surface area contributed by atoms with E-state index in [2.05, 4.69) is 22.2 Å². The third kappa shape index (κ3) is 2.97. The minimum absolute atomic E-state index is 0.0615. The van der Waals surface area contributed by atoms with E-state index in [0.717, 1.165) is 35.2 Å². The highest BCUT2D eigenvalue weighted by molar-refractivity contribution is 7.99. The van der Waals surface area contributed by atoms with Gasteiger partial charge in [-0.15, -0.1) is 0 Å². The van der Waals surface area contributed by atoms with Crippen LogP contribution in [0.4, 0.5) is 0 Å². The Morgan fingerprint density at radius 1 is 1.59 bits per heavy atom. The number of nitrogens with one attached hydrogen (secondary N) is 1. The molecule has 1 aromatic rings. The number of ether oxygens (including phenoxy) is 1. The molecule has 94 valence electrons.